The molecule has 0 amide bonds. The van der Waals surface area contributed by atoms with Crippen molar-refractivity contribution < 1.29 is 4.39 Å². The second kappa shape index (κ2) is 4.00. The third kappa shape index (κ3) is 2.01. The molecular weight excluding hydrogens is 205 g/mol. The Balaban J connectivity index is 1.75. The summed E-state index contributed by atoms with van der Waals surface area (Å²) in [6, 6.07) is 2.08. The zero-order valence-corrected chi connectivity index (χ0v) is 9.27. The second-order valence-electron chi connectivity index (χ2n) is 4.74. The van der Waals surface area contributed by atoms with Gasteiger partial charge in [0.25, 0.3) is 0 Å². The maximum absolute atomic E-state index is 13.0. The van der Waals surface area contributed by atoms with Gasteiger partial charge in [0.2, 0.25) is 0 Å². The highest BCUT2D eigenvalue weighted by atomic mass is 19.1. The number of anilines is 1. The number of aromatic nitrogens is 2. The largest absolute Gasteiger partial charge is 0.356 e. The molecule has 4 heteroatoms. The van der Waals surface area contributed by atoms with Gasteiger partial charge in [-0.05, 0) is 25.7 Å². The molecule has 3 rings (SSSR count). The van der Waals surface area contributed by atoms with Crippen molar-refractivity contribution >= 4 is 5.82 Å². The van der Waals surface area contributed by atoms with Gasteiger partial charge in [0.05, 0.1) is 0 Å². The fraction of sp³-hybridized carbons (Fsp3) is 0.667. The van der Waals surface area contributed by atoms with Gasteiger partial charge in [0.1, 0.15) is 18.3 Å². The van der Waals surface area contributed by atoms with Crippen LogP contribution in [-0.2, 0) is 0 Å². The molecule has 2 heterocycles. The molecule has 0 N–H and O–H groups in total. The van der Waals surface area contributed by atoms with E-state index in [1.165, 1.54) is 12.8 Å². The lowest BCUT2D eigenvalue weighted by molar-refractivity contribution is 0.276. The highest BCUT2D eigenvalue weighted by molar-refractivity contribution is 5.40. The van der Waals surface area contributed by atoms with Gasteiger partial charge < -0.3 is 4.90 Å². The summed E-state index contributed by atoms with van der Waals surface area (Å²) in [6.45, 7) is 1.56. The Bertz CT molecular complexity index is 370. The molecular formula is C12H16FN3. The van der Waals surface area contributed by atoms with Crippen LogP contribution in [0.4, 0.5) is 10.2 Å². The van der Waals surface area contributed by atoms with Gasteiger partial charge in [0.15, 0.2) is 0 Å². The van der Waals surface area contributed by atoms with Crippen molar-refractivity contribution in [1.82, 2.24) is 9.97 Å². The minimum Gasteiger partial charge on any atom is -0.356 e. The summed E-state index contributed by atoms with van der Waals surface area (Å²) < 4.78 is 13.0. The third-order valence-corrected chi connectivity index (χ3v) is 3.42. The molecule has 0 spiro atoms. The number of alkyl halides is 1. The maximum atomic E-state index is 13.0. The number of piperidine rings is 1. The van der Waals surface area contributed by atoms with Crippen LogP contribution in [0, 0.1) is 0 Å². The van der Waals surface area contributed by atoms with Crippen molar-refractivity contribution in [1.29, 1.82) is 0 Å². The molecule has 1 saturated heterocycles. The molecule has 0 radical (unpaired) electrons. The summed E-state index contributed by atoms with van der Waals surface area (Å²) in [7, 11) is 0. The molecule has 86 valence electrons. The van der Waals surface area contributed by atoms with Crippen LogP contribution in [-0.4, -0.2) is 29.2 Å². The van der Waals surface area contributed by atoms with E-state index < -0.39 is 6.17 Å². The lowest BCUT2D eigenvalue weighted by Gasteiger charge is -2.29. The van der Waals surface area contributed by atoms with E-state index in [1.807, 2.05) is 0 Å². The van der Waals surface area contributed by atoms with Gasteiger partial charge in [-0.3, -0.25) is 0 Å². The summed E-state index contributed by atoms with van der Waals surface area (Å²) in [5.41, 5.74) is 1.16. The first-order valence-corrected chi connectivity index (χ1v) is 6.04. The Kier molecular flexibility index (Phi) is 2.50. The Hall–Kier alpha value is -1.19. The summed E-state index contributed by atoms with van der Waals surface area (Å²) in [6.07, 6.45) is 4.78. The van der Waals surface area contributed by atoms with Crippen molar-refractivity contribution in [2.45, 2.75) is 37.8 Å². The lowest BCUT2D eigenvalue weighted by Crippen LogP contribution is -2.34. The second-order valence-corrected chi connectivity index (χ2v) is 4.74. The molecule has 2 fully saturated rings. The summed E-state index contributed by atoms with van der Waals surface area (Å²) in [5, 5.41) is 0. The van der Waals surface area contributed by atoms with E-state index in [-0.39, 0.29) is 0 Å². The summed E-state index contributed by atoms with van der Waals surface area (Å²) >= 11 is 0. The SMILES string of the molecule is FC1CCN(c2cc(C3CC3)ncn2)CC1. The van der Waals surface area contributed by atoms with E-state index in [0.29, 0.717) is 18.8 Å². The molecule has 1 saturated carbocycles. The van der Waals surface area contributed by atoms with E-state index in [1.54, 1.807) is 6.33 Å². The smallest absolute Gasteiger partial charge is 0.132 e. The standard InChI is InChI=1S/C12H16FN3/c13-10-3-5-16(6-4-10)12-7-11(9-1-2-9)14-8-15-12/h7-10H,1-6H2. The zero-order valence-electron chi connectivity index (χ0n) is 9.27. The molecule has 0 bridgehead atoms. The number of nitrogens with zero attached hydrogens (tertiary/aromatic N) is 3. The van der Waals surface area contributed by atoms with Gasteiger partial charge in [-0.15, -0.1) is 0 Å². The first-order chi connectivity index (χ1) is 7.83. The Labute approximate surface area is 94.7 Å². The van der Waals surface area contributed by atoms with Gasteiger partial charge >= 0.3 is 0 Å². The van der Waals surface area contributed by atoms with Crippen LogP contribution in [0.2, 0.25) is 0 Å². The molecule has 1 aromatic heterocycles. The third-order valence-electron chi connectivity index (χ3n) is 3.42. The highest BCUT2D eigenvalue weighted by Gasteiger charge is 2.26. The van der Waals surface area contributed by atoms with Crippen molar-refractivity contribution in [3.05, 3.63) is 18.1 Å². The van der Waals surface area contributed by atoms with Crippen LogP contribution < -0.4 is 4.90 Å². The van der Waals surface area contributed by atoms with Gasteiger partial charge in [-0.2, -0.15) is 0 Å². The Morgan fingerprint density at radius 1 is 1.12 bits per heavy atom. The quantitative estimate of drug-likeness (QED) is 0.767. The summed E-state index contributed by atoms with van der Waals surface area (Å²) in [5.74, 6) is 1.63. The molecule has 0 aromatic carbocycles. The van der Waals surface area contributed by atoms with Crippen molar-refractivity contribution in [3.8, 4) is 0 Å². The van der Waals surface area contributed by atoms with E-state index in [0.717, 1.165) is 24.6 Å². The average Bonchev–Trinajstić information content (AvgIpc) is 3.14. The topological polar surface area (TPSA) is 29.0 Å². The van der Waals surface area contributed by atoms with Gasteiger partial charge in [-0.1, -0.05) is 0 Å². The van der Waals surface area contributed by atoms with Crippen LogP contribution in [0.25, 0.3) is 0 Å². The van der Waals surface area contributed by atoms with Gasteiger partial charge in [0, 0.05) is 30.8 Å². The average molecular weight is 221 g/mol. The number of halogens is 1. The molecule has 0 unspecified atom stereocenters. The highest BCUT2D eigenvalue weighted by Crippen LogP contribution is 2.39. The van der Waals surface area contributed by atoms with Crippen molar-refractivity contribution in [2.24, 2.45) is 0 Å². The molecule has 16 heavy (non-hydrogen) atoms. The van der Waals surface area contributed by atoms with E-state index >= 15 is 0 Å². The molecule has 1 aliphatic carbocycles. The predicted octanol–water partition coefficient (Wildman–Crippen LogP) is 2.29. The molecule has 3 nitrogen and oxygen atoms in total. The lowest BCUT2D eigenvalue weighted by atomic mass is 10.1. The fourth-order valence-electron chi connectivity index (χ4n) is 2.21. The molecule has 0 atom stereocenters. The minimum absolute atomic E-state index is 0.624. The molecule has 1 aromatic rings. The Morgan fingerprint density at radius 2 is 1.88 bits per heavy atom. The van der Waals surface area contributed by atoms with Crippen LogP contribution in [0.15, 0.2) is 12.4 Å². The molecule has 2 aliphatic rings. The molecule has 1 aliphatic heterocycles. The Morgan fingerprint density at radius 3 is 2.56 bits per heavy atom. The number of hydrogen-bond donors (Lipinski definition) is 0. The van der Waals surface area contributed by atoms with Gasteiger partial charge in [-0.25, -0.2) is 14.4 Å². The number of rotatable bonds is 2. The number of hydrogen-bond acceptors (Lipinski definition) is 3. The van der Waals surface area contributed by atoms with Crippen LogP contribution in [0.3, 0.4) is 0 Å². The normalized spacial score (nSPS) is 22.4. The van der Waals surface area contributed by atoms with Crippen LogP contribution in [0.1, 0.15) is 37.3 Å². The minimum atomic E-state index is -0.624. The van der Waals surface area contributed by atoms with E-state index in [2.05, 4.69) is 20.9 Å². The summed E-state index contributed by atoms with van der Waals surface area (Å²) in [4.78, 5) is 10.8. The monoisotopic (exact) mass is 221 g/mol. The van der Waals surface area contributed by atoms with Crippen LogP contribution in [0.5, 0.6) is 0 Å². The van der Waals surface area contributed by atoms with Crippen molar-refractivity contribution in [3.63, 3.8) is 0 Å². The van der Waals surface area contributed by atoms with E-state index in [9.17, 15) is 4.39 Å². The van der Waals surface area contributed by atoms with Crippen molar-refractivity contribution in [2.75, 3.05) is 18.0 Å². The maximum Gasteiger partial charge on any atom is 0.132 e. The predicted molar refractivity (Wildman–Crippen MR) is 60.4 cm³/mol. The van der Waals surface area contributed by atoms with Crippen LogP contribution >= 0.6 is 0 Å². The zero-order chi connectivity index (χ0) is 11.0. The van der Waals surface area contributed by atoms with E-state index in [4.69, 9.17) is 0 Å². The fourth-order valence-corrected chi connectivity index (χ4v) is 2.21. The first-order valence-electron chi connectivity index (χ1n) is 6.04. The first kappa shape index (κ1) is 10.00.